The average molecular weight is 1700 g/mol. The van der Waals surface area contributed by atoms with Crippen molar-refractivity contribution in [2.45, 2.75) is 0 Å². The van der Waals surface area contributed by atoms with Crippen LogP contribution >= 0.6 is 21.4 Å². The molecule has 606 valence electrons. The first-order valence-corrected chi connectivity index (χ1v) is 48.8. The molecule has 0 saturated carbocycles. The number of hydrogen-bond acceptors (Lipinski definition) is 5. The molecule has 8 nitrogen and oxygen atoms in total. The molecule has 129 heavy (non-hydrogen) atoms. The quantitative estimate of drug-likeness (QED) is 0.134. The number of benzene rings is 19. The Morgan fingerprint density at radius 2 is 0.527 bits per heavy atom. The Labute approximate surface area is 744 Å². The van der Waals surface area contributed by atoms with Gasteiger partial charge in [0.05, 0.1) is 44.1 Å². The fraction of sp³-hybridized carbons (Fsp3) is 0. The maximum Gasteiger partial charge on any atom is 0.172 e. The maximum atomic E-state index is 15.6. The molecule has 0 N–H and O–H groups in total. The molecule has 11 heteroatoms. The van der Waals surface area contributed by atoms with E-state index in [1.807, 2.05) is 152 Å². The Morgan fingerprint density at radius 1 is 0.202 bits per heavy atom. The van der Waals surface area contributed by atoms with Crippen LogP contribution in [0.2, 0.25) is 0 Å². The number of pyridine rings is 2. The van der Waals surface area contributed by atoms with Crippen LogP contribution < -0.4 is 47.7 Å². The lowest BCUT2D eigenvalue weighted by Gasteiger charge is -2.17. The van der Waals surface area contributed by atoms with Crippen LogP contribution in [0, 0.1) is 0 Å². The van der Waals surface area contributed by atoms with E-state index in [4.69, 9.17) is 0 Å². The first-order chi connectivity index (χ1) is 63.7. The average Bonchev–Trinajstić information content (AvgIpc) is 1.54. The van der Waals surface area contributed by atoms with Crippen molar-refractivity contribution >= 4 is 167 Å². The van der Waals surface area contributed by atoms with Gasteiger partial charge in [0, 0.05) is 126 Å². The van der Waals surface area contributed by atoms with Gasteiger partial charge in [0.1, 0.15) is 0 Å². The van der Waals surface area contributed by atoms with Crippen LogP contribution in [0.5, 0.6) is 0 Å². The van der Waals surface area contributed by atoms with Gasteiger partial charge in [-0.2, -0.15) is 0 Å². The molecule has 3 atom stereocenters. The number of aromatic nitrogens is 5. The van der Waals surface area contributed by atoms with Gasteiger partial charge >= 0.3 is 0 Å². The fourth-order valence-corrected chi connectivity index (χ4v) is 30.8. The molecular formula is C118H76N5O3P3. The van der Waals surface area contributed by atoms with E-state index in [1.54, 1.807) is 0 Å². The van der Waals surface area contributed by atoms with Gasteiger partial charge < -0.3 is 27.4 Å². The van der Waals surface area contributed by atoms with Crippen LogP contribution in [0.1, 0.15) is 0 Å². The molecule has 0 radical (unpaired) electrons. The topological polar surface area (TPSA) is 91.8 Å². The summed E-state index contributed by atoms with van der Waals surface area (Å²) in [6, 6.07) is 156. The SMILES string of the molecule is O=P1(c2ccccc2)c2ccccc2-c2ccc3c(c21)c1ccccc1n3-c1ccc(-c2ccc3ccccc3c2)cc1.O=P1(c2ccccc2)c2ccccc2-c2ccc3c(c21)c1ccccc1n3-c1ccc(-c2ccc3cccnc3c2)cc1.O=P1(c2ccccc2)c2ccccc2-c2ccc3c(c21)c1ccccc1n3-c1ccc(-c2cccc3cccnc23)cc1. The molecule has 0 spiro atoms. The van der Waals surface area contributed by atoms with E-state index in [-0.39, 0.29) is 0 Å². The summed E-state index contributed by atoms with van der Waals surface area (Å²) >= 11 is 0. The summed E-state index contributed by atoms with van der Waals surface area (Å²) in [7, 11) is -9.35. The van der Waals surface area contributed by atoms with E-state index in [9.17, 15) is 0 Å². The number of fused-ring (bicyclic) bond motifs is 24. The summed E-state index contributed by atoms with van der Waals surface area (Å²) in [4.78, 5) is 9.21. The van der Waals surface area contributed by atoms with Crippen molar-refractivity contribution in [2.75, 3.05) is 0 Å². The number of hydrogen-bond donors (Lipinski definition) is 0. The molecule has 0 amide bonds. The number of rotatable bonds is 9. The van der Waals surface area contributed by atoms with Crippen LogP contribution in [0.4, 0.5) is 0 Å². The first kappa shape index (κ1) is 75.8. The van der Waals surface area contributed by atoms with Gasteiger partial charge in [-0.15, -0.1) is 0 Å². The summed E-state index contributed by atoms with van der Waals surface area (Å²) < 4.78 is 53.6. The lowest BCUT2D eigenvalue weighted by Crippen LogP contribution is -2.21. The van der Waals surface area contributed by atoms with Crippen molar-refractivity contribution in [3.8, 4) is 83.8 Å². The zero-order chi connectivity index (χ0) is 85.6. The zero-order valence-corrected chi connectivity index (χ0v) is 72.4. The minimum absolute atomic E-state index is 0.874. The lowest BCUT2D eigenvalue weighted by atomic mass is 10.0. The molecule has 3 aliphatic rings. The third-order valence-electron chi connectivity index (χ3n) is 26.7. The second-order valence-corrected chi connectivity index (χ2v) is 41.5. The van der Waals surface area contributed by atoms with Gasteiger partial charge in [-0.05, 0) is 169 Å². The van der Waals surface area contributed by atoms with Gasteiger partial charge in [0.15, 0.2) is 21.4 Å². The van der Waals surface area contributed by atoms with Gasteiger partial charge in [0.2, 0.25) is 0 Å². The molecule has 0 aliphatic carbocycles. The summed E-state index contributed by atoms with van der Waals surface area (Å²) in [6.45, 7) is 0. The highest BCUT2D eigenvalue weighted by Crippen LogP contribution is 2.59. The van der Waals surface area contributed by atoms with Crippen LogP contribution in [-0.4, -0.2) is 23.7 Å². The molecule has 8 heterocycles. The van der Waals surface area contributed by atoms with Gasteiger partial charge in [0.25, 0.3) is 0 Å². The van der Waals surface area contributed by atoms with Crippen LogP contribution in [0.25, 0.3) is 182 Å². The monoisotopic (exact) mass is 1700 g/mol. The summed E-state index contributed by atoms with van der Waals surface area (Å²) in [6.07, 6.45) is 3.69. The molecule has 19 aromatic carbocycles. The molecule has 3 unspecified atom stereocenters. The van der Waals surface area contributed by atoms with E-state index in [0.717, 1.165) is 208 Å². The Bertz CT molecular complexity index is 8550. The minimum Gasteiger partial charge on any atom is -0.309 e. The van der Waals surface area contributed by atoms with Crippen molar-refractivity contribution in [3.05, 3.63) is 461 Å². The van der Waals surface area contributed by atoms with Crippen LogP contribution in [-0.2, 0) is 13.7 Å². The minimum atomic E-state index is -3.12. The number of para-hydroxylation sites is 4. The lowest BCUT2D eigenvalue weighted by molar-refractivity contribution is 0.592. The molecule has 0 bridgehead atoms. The van der Waals surface area contributed by atoms with Crippen LogP contribution in [0.3, 0.4) is 0 Å². The van der Waals surface area contributed by atoms with Crippen molar-refractivity contribution < 1.29 is 13.7 Å². The van der Waals surface area contributed by atoms with Crippen LogP contribution in [0.15, 0.2) is 461 Å². The van der Waals surface area contributed by atoms with E-state index in [1.165, 1.54) is 21.9 Å². The molecule has 5 aromatic heterocycles. The van der Waals surface area contributed by atoms with Crippen molar-refractivity contribution in [2.24, 2.45) is 0 Å². The second kappa shape index (κ2) is 30.0. The Morgan fingerprint density at radius 3 is 0.969 bits per heavy atom. The highest BCUT2D eigenvalue weighted by molar-refractivity contribution is 7.88. The first-order valence-electron chi connectivity index (χ1n) is 43.6. The maximum absolute atomic E-state index is 15.6. The highest BCUT2D eigenvalue weighted by Gasteiger charge is 2.46. The van der Waals surface area contributed by atoms with Gasteiger partial charge in [-0.25, -0.2) is 0 Å². The predicted octanol–water partition coefficient (Wildman–Crippen LogP) is 26.5. The molecular weight excluding hydrogens is 1630 g/mol. The molecule has 3 aliphatic heterocycles. The molecule has 0 saturated heterocycles. The summed E-state index contributed by atoms with van der Waals surface area (Å²) in [5.74, 6) is 0. The highest BCUT2D eigenvalue weighted by atomic mass is 31.2. The largest absolute Gasteiger partial charge is 0.309 e. The van der Waals surface area contributed by atoms with E-state index < -0.39 is 21.4 Å². The van der Waals surface area contributed by atoms with E-state index in [2.05, 4.69) is 333 Å². The van der Waals surface area contributed by atoms with Crippen molar-refractivity contribution in [1.29, 1.82) is 0 Å². The molecule has 24 aromatic rings. The number of nitrogens with zero attached hydrogens (tertiary/aromatic N) is 5. The Kier molecular flexibility index (Phi) is 17.7. The van der Waals surface area contributed by atoms with Crippen molar-refractivity contribution in [3.63, 3.8) is 0 Å². The third kappa shape index (κ3) is 11.7. The Hall–Kier alpha value is -15.7. The van der Waals surface area contributed by atoms with Gasteiger partial charge in [-0.1, -0.05) is 352 Å². The molecule has 27 rings (SSSR count). The smallest absolute Gasteiger partial charge is 0.172 e. The van der Waals surface area contributed by atoms with E-state index in [0.29, 0.717) is 0 Å². The van der Waals surface area contributed by atoms with Gasteiger partial charge in [-0.3, -0.25) is 9.97 Å². The van der Waals surface area contributed by atoms with E-state index >= 15 is 13.7 Å². The Balaban J connectivity index is 0.000000105. The normalized spacial score (nSPS) is 15.6. The predicted molar refractivity (Wildman–Crippen MR) is 542 cm³/mol. The summed E-state index contributed by atoms with van der Waals surface area (Å²) in [5, 5.41) is 19.6. The third-order valence-corrected chi connectivity index (χ3v) is 36.2. The molecule has 0 fully saturated rings. The summed E-state index contributed by atoms with van der Waals surface area (Å²) in [5.41, 5.74) is 25.0. The fourth-order valence-electron chi connectivity index (χ4n) is 20.9. The zero-order valence-electron chi connectivity index (χ0n) is 69.7. The standard InChI is InChI=1S/C40H26NOP.2C39H25N2OP/c42-43(32-12-2-1-3-13-32)38-17-9-7-14-33(38)34-24-25-37-39(40(34)43)35-15-6-8-16-36(35)41(37)31-22-20-28(21-23-31)30-19-18-27-10-4-5-11-29(27)26-30;42-43(29-12-2-1-3-13-29)36-18-7-5-14-31(36)32-23-24-35-37(39(32)43)33-15-4-6-17-34(33)41(35)28-21-19-26(20-22-28)30-16-8-10-27-11-9-25-40-38(27)30;42-43(30-10-2-1-3-11-30)37-15-7-5-12-31(37)32-22-23-36-38(39(32)43)33-13-4-6-14-35(33)41(36)29-20-18-26(19-21-29)28-17-16-27-9-8-24-40-34(27)25-28/h1-26H;2*1-25H. The second-order valence-electron chi connectivity index (χ2n) is 33.5. The van der Waals surface area contributed by atoms with Crippen molar-refractivity contribution in [1.82, 2.24) is 23.7 Å².